The molecule has 1 fully saturated rings. The SMILES string of the molecule is CCCN(CC(N)c1ccc2c(c1)OCCO2)C1CC1. The third-order valence-electron chi connectivity index (χ3n) is 4.00. The van der Waals surface area contributed by atoms with Gasteiger partial charge in [-0.25, -0.2) is 0 Å². The fourth-order valence-electron chi connectivity index (χ4n) is 2.80. The first-order chi connectivity index (χ1) is 9.78. The molecule has 0 saturated heterocycles. The van der Waals surface area contributed by atoms with Crippen molar-refractivity contribution in [3.05, 3.63) is 23.8 Å². The Labute approximate surface area is 120 Å². The van der Waals surface area contributed by atoms with Crippen LogP contribution in [0.1, 0.15) is 37.8 Å². The Morgan fingerprint density at radius 3 is 2.70 bits per heavy atom. The van der Waals surface area contributed by atoms with Crippen LogP contribution in [0.15, 0.2) is 18.2 Å². The normalized spacial score (nSPS) is 19.1. The van der Waals surface area contributed by atoms with Gasteiger partial charge in [0, 0.05) is 18.6 Å². The number of fused-ring (bicyclic) bond motifs is 1. The van der Waals surface area contributed by atoms with Gasteiger partial charge in [-0.15, -0.1) is 0 Å². The van der Waals surface area contributed by atoms with Crippen LogP contribution >= 0.6 is 0 Å². The molecular weight excluding hydrogens is 252 g/mol. The fraction of sp³-hybridized carbons (Fsp3) is 0.625. The van der Waals surface area contributed by atoms with Crippen LogP contribution in [0.2, 0.25) is 0 Å². The molecule has 4 heteroatoms. The minimum atomic E-state index is 0.0398. The molecule has 1 aromatic rings. The van der Waals surface area contributed by atoms with E-state index in [0.717, 1.165) is 36.2 Å². The average Bonchev–Trinajstić information content (AvgIpc) is 3.31. The largest absolute Gasteiger partial charge is 0.486 e. The summed E-state index contributed by atoms with van der Waals surface area (Å²) in [5.74, 6) is 1.66. The number of rotatable bonds is 6. The highest BCUT2D eigenvalue weighted by Crippen LogP contribution is 2.33. The van der Waals surface area contributed by atoms with Crippen molar-refractivity contribution in [3.63, 3.8) is 0 Å². The van der Waals surface area contributed by atoms with Crippen molar-refractivity contribution in [2.24, 2.45) is 5.73 Å². The lowest BCUT2D eigenvalue weighted by Gasteiger charge is -2.26. The van der Waals surface area contributed by atoms with Crippen LogP contribution in [0.3, 0.4) is 0 Å². The number of hydrogen-bond acceptors (Lipinski definition) is 4. The molecule has 20 heavy (non-hydrogen) atoms. The molecule has 1 aliphatic carbocycles. The molecule has 0 radical (unpaired) electrons. The van der Waals surface area contributed by atoms with Gasteiger partial charge >= 0.3 is 0 Å². The lowest BCUT2D eigenvalue weighted by atomic mass is 10.1. The van der Waals surface area contributed by atoms with Crippen LogP contribution in [0, 0.1) is 0 Å². The van der Waals surface area contributed by atoms with Crippen molar-refractivity contribution in [3.8, 4) is 11.5 Å². The second kappa shape index (κ2) is 6.02. The Balaban J connectivity index is 1.68. The van der Waals surface area contributed by atoms with E-state index in [1.165, 1.54) is 19.3 Å². The molecule has 1 atom stereocenters. The fourth-order valence-corrected chi connectivity index (χ4v) is 2.80. The van der Waals surface area contributed by atoms with Gasteiger partial charge in [0.1, 0.15) is 13.2 Å². The molecule has 2 aliphatic rings. The van der Waals surface area contributed by atoms with E-state index in [4.69, 9.17) is 15.2 Å². The minimum Gasteiger partial charge on any atom is -0.486 e. The lowest BCUT2D eigenvalue weighted by Crippen LogP contribution is -2.34. The number of nitrogens with zero attached hydrogens (tertiary/aromatic N) is 1. The summed E-state index contributed by atoms with van der Waals surface area (Å²) in [4.78, 5) is 2.53. The van der Waals surface area contributed by atoms with Crippen molar-refractivity contribution in [1.29, 1.82) is 0 Å². The van der Waals surface area contributed by atoms with E-state index < -0.39 is 0 Å². The Morgan fingerprint density at radius 2 is 2.00 bits per heavy atom. The van der Waals surface area contributed by atoms with Crippen molar-refractivity contribution in [2.75, 3.05) is 26.3 Å². The van der Waals surface area contributed by atoms with E-state index >= 15 is 0 Å². The standard InChI is InChI=1S/C16H24N2O2/c1-2-7-18(13-4-5-13)11-14(17)12-3-6-15-16(10-12)20-9-8-19-15/h3,6,10,13-14H,2,4-5,7-9,11,17H2,1H3. The van der Waals surface area contributed by atoms with Gasteiger partial charge in [0.2, 0.25) is 0 Å². The number of hydrogen-bond donors (Lipinski definition) is 1. The van der Waals surface area contributed by atoms with E-state index in [2.05, 4.69) is 17.9 Å². The van der Waals surface area contributed by atoms with Gasteiger partial charge in [-0.1, -0.05) is 13.0 Å². The first-order valence-electron chi connectivity index (χ1n) is 7.67. The van der Waals surface area contributed by atoms with Gasteiger partial charge in [-0.05, 0) is 43.5 Å². The van der Waals surface area contributed by atoms with Crippen LogP contribution in [-0.2, 0) is 0 Å². The topological polar surface area (TPSA) is 47.7 Å². The maximum absolute atomic E-state index is 6.39. The summed E-state index contributed by atoms with van der Waals surface area (Å²) in [6, 6.07) is 6.88. The molecule has 1 heterocycles. The maximum Gasteiger partial charge on any atom is 0.161 e. The molecule has 3 rings (SSSR count). The highest BCUT2D eigenvalue weighted by Gasteiger charge is 2.29. The van der Waals surface area contributed by atoms with Crippen molar-refractivity contribution in [2.45, 2.75) is 38.3 Å². The summed E-state index contributed by atoms with van der Waals surface area (Å²) < 4.78 is 11.2. The molecule has 2 N–H and O–H groups in total. The molecular formula is C16H24N2O2. The highest BCUT2D eigenvalue weighted by molar-refractivity contribution is 5.44. The summed E-state index contributed by atoms with van der Waals surface area (Å²) >= 11 is 0. The van der Waals surface area contributed by atoms with Gasteiger partial charge in [-0.3, -0.25) is 4.90 Å². The Bertz CT molecular complexity index is 460. The van der Waals surface area contributed by atoms with Crippen LogP contribution in [-0.4, -0.2) is 37.2 Å². The zero-order chi connectivity index (χ0) is 13.9. The molecule has 0 amide bonds. The van der Waals surface area contributed by atoms with Crippen LogP contribution in [0.5, 0.6) is 11.5 Å². The predicted molar refractivity (Wildman–Crippen MR) is 79.2 cm³/mol. The van der Waals surface area contributed by atoms with Gasteiger partial charge < -0.3 is 15.2 Å². The highest BCUT2D eigenvalue weighted by atomic mass is 16.6. The molecule has 0 bridgehead atoms. The quantitative estimate of drug-likeness (QED) is 0.866. The molecule has 1 aromatic carbocycles. The second-order valence-electron chi connectivity index (χ2n) is 5.74. The van der Waals surface area contributed by atoms with Crippen LogP contribution in [0.4, 0.5) is 0 Å². The molecule has 0 spiro atoms. The van der Waals surface area contributed by atoms with E-state index in [1.807, 2.05) is 12.1 Å². The summed E-state index contributed by atoms with van der Waals surface area (Å²) in [5, 5.41) is 0. The number of benzene rings is 1. The predicted octanol–water partition coefficient (Wildman–Crippen LogP) is 2.33. The monoisotopic (exact) mass is 276 g/mol. The Hall–Kier alpha value is -1.26. The van der Waals surface area contributed by atoms with Gasteiger partial charge in [0.05, 0.1) is 0 Å². The van der Waals surface area contributed by atoms with Crippen LogP contribution < -0.4 is 15.2 Å². The first kappa shape index (κ1) is 13.7. The minimum absolute atomic E-state index is 0.0398. The van der Waals surface area contributed by atoms with Gasteiger partial charge in [0.25, 0.3) is 0 Å². The smallest absolute Gasteiger partial charge is 0.161 e. The summed E-state index contributed by atoms with van der Waals surface area (Å²) in [6.07, 6.45) is 3.84. The van der Waals surface area contributed by atoms with E-state index in [1.54, 1.807) is 0 Å². The molecule has 1 saturated carbocycles. The second-order valence-corrected chi connectivity index (χ2v) is 5.74. The lowest BCUT2D eigenvalue weighted by molar-refractivity contribution is 0.171. The van der Waals surface area contributed by atoms with E-state index in [9.17, 15) is 0 Å². The third kappa shape index (κ3) is 3.07. The zero-order valence-corrected chi connectivity index (χ0v) is 12.2. The van der Waals surface area contributed by atoms with Gasteiger partial charge in [-0.2, -0.15) is 0 Å². The Morgan fingerprint density at radius 1 is 1.25 bits per heavy atom. The molecule has 1 aliphatic heterocycles. The molecule has 4 nitrogen and oxygen atoms in total. The third-order valence-corrected chi connectivity index (χ3v) is 4.00. The summed E-state index contributed by atoms with van der Waals surface area (Å²) in [5.41, 5.74) is 7.52. The number of nitrogens with two attached hydrogens (primary N) is 1. The summed E-state index contributed by atoms with van der Waals surface area (Å²) in [7, 11) is 0. The number of ether oxygens (including phenoxy) is 2. The molecule has 110 valence electrons. The average molecular weight is 276 g/mol. The molecule has 1 unspecified atom stereocenters. The van der Waals surface area contributed by atoms with E-state index in [0.29, 0.717) is 13.2 Å². The van der Waals surface area contributed by atoms with Gasteiger partial charge in [0.15, 0.2) is 11.5 Å². The Kier molecular flexibility index (Phi) is 4.13. The van der Waals surface area contributed by atoms with Crippen molar-refractivity contribution >= 4 is 0 Å². The summed E-state index contributed by atoms with van der Waals surface area (Å²) in [6.45, 7) is 5.55. The van der Waals surface area contributed by atoms with Crippen molar-refractivity contribution < 1.29 is 9.47 Å². The molecule has 0 aromatic heterocycles. The van der Waals surface area contributed by atoms with E-state index in [-0.39, 0.29) is 6.04 Å². The van der Waals surface area contributed by atoms with Crippen LogP contribution in [0.25, 0.3) is 0 Å². The first-order valence-corrected chi connectivity index (χ1v) is 7.67. The zero-order valence-electron chi connectivity index (χ0n) is 12.2. The van der Waals surface area contributed by atoms with Crippen molar-refractivity contribution in [1.82, 2.24) is 4.90 Å². The maximum atomic E-state index is 6.39.